The fourth-order valence-electron chi connectivity index (χ4n) is 3.12. The van der Waals surface area contributed by atoms with Crippen LogP contribution in [0.1, 0.15) is 35.7 Å². The Morgan fingerprint density at radius 2 is 1.81 bits per heavy atom. The maximum absolute atomic E-state index is 12.8. The zero-order chi connectivity index (χ0) is 19.4. The van der Waals surface area contributed by atoms with E-state index in [1.165, 1.54) is 16.4 Å². The Kier molecular flexibility index (Phi) is 5.59. The van der Waals surface area contributed by atoms with E-state index in [-0.39, 0.29) is 10.8 Å². The maximum atomic E-state index is 12.8. The molecular weight excluding hydrogens is 362 g/mol. The van der Waals surface area contributed by atoms with Gasteiger partial charge in [0.2, 0.25) is 10.0 Å². The first-order valence-corrected chi connectivity index (χ1v) is 10.3. The predicted molar refractivity (Wildman–Crippen MR) is 103 cm³/mol. The number of nitrogens with one attached hydrogen (secondary N) is 1. The molecule has 0 unspecified atom stereocenters. The number of sulfonamides is 1. The third kappa shape index (κ3) is 4.35. The van der Waals surface area contributed by atoms with Crippen LogP contribution in [0.4, 0.5) is 5.69 Å². The Bertz CT molecular complexity index is 961. The van der Waals surface area contributed by atoms with Gasteiger partial charge in [0.1, 0.15) is 0 Å². The van der Waals surface area contributed by atoms with Crippen LogP contribution in [-0.2, 0) is 10.0 Å². The van der Waals surface area contributed by atoms with Crippen molar-refractivity contribution in [1.29, 1.82) is 5.26 Å². The lowest BCUT2D eigenvalue weighted by Crippen LogP contribution is -2.39. The summed E-state index contributed by atoms with van der Waals surface area (Å²) in [4.78, 5) is 12.5. The predicted octanol–water partition coefficient (Wildman–Crippen LogP) is 3.23. The van der Waals surface area contributed by atoms with E-state index in [0.717, 1.165) is 12.8 Å². The summed E-state index contributed by atoms with van der Waals surface area (Å²) in [6.45, 7) is 3.15. The molecule has 1 N–H and O–H groups in total. The monoisotopic (exact) mass is 383 g/mol. The zero-order valence-corrected chi connectivity index (χ0v) is 15.9. The standard InChI is InChI=1S/C20H21N3O3S/c1-15-3-2-12-23(14-15)27(25,26)19-10-8-18(9-11-19)22-20(24)17-6-4-16(13-21)5-7-17/h4-11,15H,2-3,12,14H2,1H3,(H,22,24)/t15-/m0/s1. The lowest BCUT2D eigenvalue weighted by Gasteiger charge is -2.30. The SMILES string of the molecule is C[C@H]1CCCN(S(=O)(=O)c2ccc(NC(=O)c3ccc(C#N)cc3)cc2)C1. The number of carbonyl (C=O) groups excluding carboxylic acids is 1. The van der Waals surface area contributed by atoms with E-state index in [2.05, 4.69) is 12.2 Å². The summed E-state index contributed by atoms with van der Waals surface area (Å²) in [7, 11) is -3.51. The van der Waals surface area contributed by atoms with Gasteiger partial charge in [0.25, 0.3) is 5.91 Å². The second-order valence-corrected chi connectivity index (χ2v) is 8.72. The summed E-state index contributed by atoms with van der Waals surface area (Å²) in [6.07, 6.45) is 1.92. The Balaban J connectivity index is 1.71. The number of carbonyl (C=O) groups is 1. The molecule has 27 heavy (non-hydrogen) atoms. The van der Waals surface area contributed by atoms with Gasteiger partial charge in [0.15, 0.2) is 0 Å². The highest BCUT2D eigenvalue weighted by Crippen LogP contribution is 2.24. The Labute approximate surface area is 159 Å². The number of hydrogen-bond acceptors (Lipinski definition) is 4. The van der Waals surface area contributed by atoms with Gasteiger partial charge in [-0.1, -0.05) is 6.92 Å². The summed E-state index contributed by atoms with van der Waals surface area (Å²) in [5.74, 6) is 0.0412. The van der Waals surface area contributed by atoms with E-state index in [0.29, 0.717) is 35.8 Å². The summed E-state index contributed by atoms with van der Waals surface area (Å²) in [5.41, 5.74) is 1.41. The zero-order valence-electron chi connectivity index (χ0n) is 15.1. The smallest absolute Gasteiger partial charge is 0.255 e. The first-order valence-electron chi connectivity index (χ1n) is 8.82. The van der Waals surface area contributed by atoms with Gasteiger partial charge in [-0.15, -0.1) is 0 Å². The van der Waals surface area contributed by atoms with Gasteiger partial charge in [-0.05, 0) is 67.3 Å². The van der Waals surface area contributed by atoms with E-state index < -0.39 is 10.0 Å². The van der Waals surface area contributed by atoms with E-state index in [1.807, 2.05) is 6.07 Å². The number of anilines is 1. The lowest BCUT2D eigenvalue weighted by atomic mass is 10.0. The van der Waals surface area contributed by atoms with Crippen molar-refractivity contribution >= 4 is 21.6 Å². The number of nitrogens with zero attached hydrogens (tertiary/aromatic N) is 2. The molecule has 0 radical (unpaired) electrons. The first-order chi connectivity index (χ1) is 12.9. The molecule has 1 heterocycles. The van der Waals surface area contributed by atoms with Crippen molar-refractivity contribution in [3.05, 3.63) is 59.7 Å². The summed E-state index contributed by atoms with van der Waals surface area (Å²) < 4.78 is 27.1. The van der Waals surface area contributed by atoms with Gasteiger partial charge >= 0.3 is 0 Å². The van der Waals surface area contributed by atoms with Crippen LogP contribution < -0.4 is 5.32 Å². The van der Waals surface area contributed by atoms with E-state index in [9.17, 15) is 13.2 Å². The molecule has 6 nitrogen and oxygen atoms in total. The molecule has 0 aromatic heterocycles. The Hall–Kier alpha value is -2.69. The fraction of sp³-hybridized carbons (Fsp3) is 0.300. The maximum Gasteiger partial charge on any atom is 0.255 e. The molecule has 0 spiro atoms. The minimum Gasteiger partial charge on any atom is -0.322 e. The quantitative estimate of drug-likeness (QED) is 0.878. The molecule has 0 aliphatic carbocycles. The summed E-state index contributed by atoms with van der Waals surface area (Å²) >= 11 is 0. The highest BCUT2D eigenvalue weighted by atomic mass is 32.2. The van der Waals surface area contributed by atoms with Crippen LogP contribution in [-0.4, -0.2) is 31.7 Å². The van der Waals surface area contributed by atoms with Crippen LogP contribution >= 0.6 is 0 Å². The summed E-state index contributed by atoms with van der Waals surface area (Å²) in [5, 5.41) is 11.5. The molecule has 1 fully saturated rings. The number of amides is 1. The molecule has 3 rings (SSSR count). The first kappa shape index (κ1) is 19.1. The van der Waals surface area contributed by atoms with Crippen LogP contribution in [0.15, 0.2) is 53.4 Å². The normalized spacial score (nSPS) is 17.9. The van der Waals surface area contributed by atoms with Crippen LogP contribution in [0.25, 0.3) is 0 Å². The van der Waals surface area contributed by atoms with Gasteiger partial charge in [-0.25, -0.2) is 8.42 Å². The number of nitriles is 1. The van der Waals surface area contributed by atoms with Crippen molar-refractivity contribution in [3.8, 4) is 6.07 Å². The molecule has 0 bridgehead atoms. The molecular formula is C20H21N3O3S. The van der Waals surface area contributed by atoms with Crippen LogP contribution in [0.3, 0.4) is 0 Å². The molecule has 140 valence electrons. The average Bonchev–Trinajstić information content (AvgIpc) is 2.68. The van der Waals surface area contributed by atoms with Crippen molar-refractivity contribution < 1.29 is 13.2 Å². The minimum absolute atomic E-state index is 0.230. The van der Waals surface area contributed by atoms with E-state index in [4.69, 9.17) is 5.26 Å². The molecule has 2 aromatic carbocycles. The van der Waals surface area contributed by atoms with Gasteiger partial charge in [-0.3, -0.25) is 4.79 Å². The van der Waals surface area contributed by atoms with Crippen molar-refractivity contribution in [2.45, 2.75) is 24.7 Å². The Morgan fingerprint density at radius 1 is 1.15 bits per heavy atom. The largest absolute Gasteiger partial charge is 0.322 e. The second-order valence-electron chi connectivity index (χ2n) is 6.78. The minimum atomic E-state index is -3.51. The van der Waals surface area contributed by atoms with E-state index in [1.54, 1.807) is 36.4 Å². The van der Waals surface area contributed by atoms with Crippen LogP contribution in [0.2, 0.25) is 0 Å². The molecule has 2 aromatic rings. The number of rotatable bonds is 4. The van der Waals surface area contributed by atoms with Crippen LogP contribution in [0, 0.1) is 17.2 Å². The molecule has 1 aliphatic heterocycles. The number of piperidine rings is 1. The molecule has 0 saturated carbocycles. The fourth-order valence-corrected chi connectivity index (χ4v) is 4.72. The van der Waals surface area contributed by atoms with Crippen LogP contribution in [0.5, 0.6) is 0 Å². The second kappa shape index (κ2) is 7.91. The Morgan fingerprint density at radius 3 is 2.41 bits per heavy atom. The summed E-state index contributed by atoms with van der Waals surface area (Å²) in [6, 6.07) is 14.5. The third-order valence-electron chi connectivity index (χ3n) is 4.65. The molecule has 1 amide bonds. The number of hydrogen-bond donors (Lipinski definition) is 1. The topological polar surface area (TPSA) is 90.3 Å². The third-order valence-corrected chi connectivity index (χ3v) is 6.53. The molecule has 1 saturated heterocycles. The highest BCUT2D eigenvalue weighted by Gasteiger charge is 2.28. The van der Waals surface area contributed by atoms with Gasteiger partial charge in [0.05, 0.1) is 16.5 Å². The average molecular weight is 383 g/mol. The van der Waals surface area contributed by atoms with E-state index >= 15 is 0 Å². The van der Waals surface area contributed by atoms with Gasteiger partial charge in [-0.2, -0.15) is 9.57 Å². The highest BCUT2D eigenvalue weighted by molar-refractivity contribution is 7.89. The number of benzene rings is 2. The van der Waals surface area contributed by atoms with Crippen molar-refractivity contribution in [1.82, 2.24) is 4.31 Å². The molecule has 1 atom stereocenters. The van der Waals surface area contributed by atoms with Gasteiger partial charge in [0, 0.05) is 24.3 Å². The van der Waals surface area contributed by atoms with Gasteiger partial charge < -0.3 is 5.32 Å². The van der Waals surface area contributed by atoms with Crippen molar-refractivity contribution in [3.63, 3.8) is 0 Å². The molecule has 7 heteroatoms. The lowest BCUT2D eigenvalue weighted by molar-refractivity contribution is 0.102. The van der Waals surface area contributed by atoms with Crippen molar-refractivity contribution in [2.24, 2.45) is 5.92 Å². The van der Waals surface area contributed by atoms with Crippen molar-refractivity contribution in [2.75, 3.05) is 18.4 Å². The molecule has 1 aliphatic rings.